The fraction of sp³-hybridized carbons (Fsp3) is 0.750. The summed E-state index contributed by atoms with van der Waals surface area (Å²) in [5.74, 6) is 1.76. The maximum absolute atomic E-state index is 12.2. The van der Waals surface area contributed by atoms with Crippen LogP contribution in [0.25, 0.3) is 0 Å². The summed E-state index contributed by atoms with van der Waals surface area (Å²) in [5, 5.41) is 4.19. The highest BCUT2D eigenvalue weighted by Crippen LogP contribution is 2.18. The Balaban J connectivity index is 0.000000633. The molecular weight excluding hydrogens is 492 g/mol. The number of hydrogen-bond donors (Lipinski definition) is 3. The Morgan fingerprint density at radius 2 is 1.81 bits per heavy atom. The van der Waals surface area contributed by atoms with E-state index in [0.29, 0.717) is 12.5 Å². The van der Waals surface area contributed by atoms with Gasteiger partial charge in [-0.3, -0.25) is 9.59 Å². The van der Waals surface area contributed by atoms with Crippen LogP contribution in [0, 0.1) is 17.8 Å². The van der Waals surface area contributed by atoms with Gasteiger partial charge in [0.1, 0.15) is 11.4 Å². The van der Waals surface area contributed by atoms with Gasteiger partial charge in [-0.1, -0.05) is 61.6 Å². The van der Waals surface area contributed by atoms with Crippen molar-refractivity contribution in [1.82, 2.24) is 15.2 Å². The van der Waals surface area contributed by atoms with Crippen molar-refractivity contribution in [2.45, 2.75) is 66.2 Å². The summed E-state index contributed by atoms with van der Waals surface area (Å²) in [6, 6.07) is 1.32. The minimum absolute atomic E-state index is 0.00493. The summed E-state index contributed by atoms with van der Waals surface area (Å²) in [5.41, 5.74) is 5.01. The van der Waals surface area contributed by atoms with Gasteiger partial charge in [-0.15, -0.1) is 0 Å². The average molecular weight is 534 g/mol. The number of nitrogen functional groups attached to an aromatic ring is 1. The summed E-state index contributed by atoms with van der Waals surface area (Å²) in [4.78, 5) is 28.9. The Kier molecular flexibility index (Phi) is 14.2. The smallest absolute Gasteiger partial charge is 0.262 e. The fourth-order valence-corrected chi connectivity index (χ4v) is 4.12. The number of nitrogens with zero attached hydrogens (tertiary/aromatic N) is 1. The summed E-state index contributed by atoms with van der Waals surface area (Å²) in [7, 11) is 0. The molecule has 0 bridgehead atoms. The number of H-pyrrole nitrogens is 1. The Morgan fingerprint density at radius 3 is 2.34 bits per heavy atom. The zero-order valence-corrected chi connectivity index (χ0v) is 22.5. The zero-order chi connectivity index (χ0) is 24.1. The molecule has 1 aliphatic rings. The molecular formula is C24H42BrClN4O2. The highest BCUT2D eigenvalue weighted by atomic mass is 79.9. The summed E-state index contributed by atoms with van der Waals surface area (Å²) in [6.45, 7) is 12.9. The number of piperidine rings is 1. The second-order valence-electron chi connectivity index (χ2n) is 9.53. The second kappa shape index (κ2) is 15.7. The largest absolute Gasteiger partial charge is 0.384 e. The fourth-order valence-electron chi connectivity index (χ4n) is 3.64. The normalized spacial score (nSPS) is 15.0. The van der Waals surface area contributed by atoms with E-state index in [4.69, 9.17) is 17.3 Å². The number of nitrogens with one attached hydrogen (secondary N) is 2. The molecule has 0 aliphatic carbocycles. The molecule has 6 nitrogen and oxygen atoms in total. The number of carbonyl (C=O) groups is 1. The van der Waals surface area contributed by atoms with Gasteiger partial charge < -0.3 is 20.9 Å². The lowest BCUT2D eigenvalue weighted by Gasteiger charge is -2.32. The van der Waals surface area contributed by atoms with Gasteiger partial charge in [0, 0.05) is 11.9 Å². The van der Waals surface area contributed by atoms with Crippen LogP contribution < -0.4 is 16.6 Å². The molecule has 184 valence electrons. The SMILES string of the molecule is CC(C)CCCBr.CC(C)CCCN1CCC(CNC(=O)c2cc(Cl)c(N)[nH]c2=O)CC1. The number of hydrogen-bond acceptors (Lipinski definition) is 4. The minimum Gasteiger partial charge on any atom is -0.384 e. The van der Waals surface area contributed by atoms with Crippen molar-refractivity contribution in [3.63, 3.8) is 0 Å². The number of alkyl halides is 1. The van der Waals surface area contributed by atoms with Gasteiger partial charge in [0.15, 0.2) is 0 Å². The van der Waals surface area contributed by atoms with Crippen molar-refractivity contribution >= 4 is 39.3 Å². The maximum atomic E-state index is 12.2. The number of halogens is 2. The molecule has 0 spiro atoms. The lowest BCUT2D eigenvalue weighted by Crippen LogP contribution is -2.40. The number of aromatic nitrogens is 1. The third kappa shape index (κ3) is 11.7. The molecule has 1 saturated heterocycles. The van der Waals surface area contributed by atoms with Crippen LogP contribution in [0.5, 0.6) is 0 Å². The molecule has 1 aromatic heterocycles. The Labute approximate surface area is 207 Å². The second-order valence-corrected chi connectivity index (χ2v) is 10.7. The molecule has 1 aliphatic heterocycles. The van der Waals surface area contributed by atoms with Crippen molar-refractivity contribution in [2.75, 3.05) is 37.2 Å². The molecule has 1 amide bonds. The van der Waals surface area contributed by atoms with Crippen LogP contribution in [0.1, 0.15) is 76.6 Å². The standard InChI is InChI=1S/C18H29ClN4O2.C6H13Br/c1-12(2)4-3-7-23-8-5-13(6-9-23)11-21-17(24)14-10-15(19)16(20)22-18(14)25;1-6(2)4-3-5-7/h10,12-13H,3-9,11H2,1-2H3,(H,21,24)(H3,20,22,25);6H,3-5H2,1-2H3. The molecule has 0 unspecified atom stereocenters. The number of likely N-dealkylation sites (tertiary alicyclic amines) is 1. The molecule has 0 radical (unpaired) electrons. The Hall–Kier alpha value is -1.05. The molecule has 2 heterocycles. The quantitative estimate of drug-likeness (QED) is 0.356. The highest BCUT2D eigenvalue weighted by Gasteiger charge is 2.20. The van der Waals surface area contributed by atoms with Crippen molar-refractivity contribution in [3.05, 3.63) is 27.0 Å². The topological polar surface area (TPSA) is 91.2 Å². The Bertz CT molecular complexity index is 731. The number of aromatic amines is 1. The van der Waals surface area contributed by atoms with Crippen LogP contribution in [0.3, 0.4) is 0 Å². The van der Waals surface area contributed by atoms with E-state index < -0.39 is 11.5 Å². The van der Waals surface area contributed by atoms with Crippen LogP contribution in [0.2, 0.25) is 5.02 Å². The van der Waals surface area contributed by atoms with Gasteiger partial charge in [0.2, 0.25) is 0 Å². The van der Waals surface area contributed by atoms with Crippen molar-refractivity contribution in [3.8, 4) is 0 Å². The molecule has 1 aromatic rings. The first-order valence-corrected chi connectivity index (χ1v) is 13.4. The summed E-state index contributed by atoms with van der Waals surface area (Å²) in [6.07, 6.45) is 7.33. The van der Waals surface area contributed by atoms with E-state index in [2.05, 4.69) is 58.8 Å². The summed E-state index contributed by atoms with van der Waals surface area (Å²) < 4.78 is 0. The average Bonchev–Trinajstić information content (AvgIpc) is 2.74. The van der Waals surface area contributed by atoms with E-state index in [9.17, 15) is 9.59 Å². The van der Waals surface area contributed by atoms with Gasteiger partial charge in [-0.2, -0.15) is 0 Å². The molecule has 4 N–H and O–H groups in total. The third-order valence-corrected chi connectivity index (χ3v) is 6.57. The first kappa shape index (κ1) is 29.0. The van der Waals surface area contributed by atoms with Crippen LogP contribution >= 0.6 is 27.5 Å². The molecule has 8 heteroatoms. The highest BCUT2D eigenvalue weighted by molar-refractivity contribution is 9.09. The molecule has 0 aromatic carbocycles. The number of rotatable bonds is 10. The molecule has 2 rings (SSSR count). The van der Waals surface area contributed by atoms with E-state index in [1.165, 1.54) is 31.7 Å². The van der Waals surface area contributed by atoms with Crippen molar-refractivity contribution in [2.24, 2.45) is 17.8 Å². The van der Waals surface area contributed by atoms with Gasteiger partial charge in [0.25, 0.3) is 11.5 Å². The summed E-state index contributed by atoms with van der Waals surface area (Å²) >= 11 is 9.25. The number of carbonyl (C=O) groups excluding carboxylic acids is 1. The maximum Gasteiger partial charge on any atom is 0.262 e. The van der Waals surface area contributed by atoms with E-state index >= 15 is 0 Å². The lowest BCUT2D eigenvalue weighted by atomic mass is 9.96. The van der Waals surface area contributed by atoms with Gasteiger partial charge >= 0.3 is 0 Å². The van der Waals surface area contributed by atoms with Gasteiger partial charge in [-0.05, 0) is 75.6 Å². The molecule has 32 heavy (non-hydrogen) atoms. The molecule has 0 saturated carbocycles. The van der Waals surface area contributed by atoms with Crippen LogP contribution in [0.4, 0.5) is 5.82 Å². The van der Waals surface area contributed by atoms with Crippen molar-refractivity contribution in [1.29, 1.82) is 0 Å². The van der Waals surface area contributed by atoms with Crippen LogP contribution in [-0.2, 0) is 0 Å². The first-order chi connectivity index (χ1) is 15.1. The van der Waals surface area contributed by atoms with E-state index in [0.717, 1.165) is 49.6 Å². The van der Waals surface area contributed by atoms with Crippen molar-refractivity contribution < 1.29 is 4.79 Å². The number of amides is 1. The van der Waals surface area contributed by atoms with Crippen LogP contribution in [-0.4, -0.2) is 47.3 Å². The van der Waals surface area contributed by atoms with Gasteiger partial charge in [-0.25, -0.2) is 0 Å². The Morgan fingerprint density at radius 1 is 1.22 bits per heavy atom. The van der Waals surface area contributed by atoms with E-state index in [-0.39, 0.29) is 16.4 Å². The van der Waals surface area contributed by atoms with Crippen LogP contribution in [0.15, 0.2) is 10.9 Å². The monoisotopic (exact) mass is 532 g/mol. The lowest BCUT2D eigenvalue weighted by molar-refractivity contribution is 0.0934. The number of anilines is 1. The zero-order valence-electron chi connectivity index (χ0n) is 20.2. The predicted molar refractivity (Wildman–Crippen MR) is 140 cm³/mol. The predicted octanol–water partition coefficient (Wildman–Crippen LogP) is 5.31. The first-order valence-electron chi connectivity index (χ1n) is 11.9. The number of pyridine rings is 1. The molecule has 0 atom stereocenters. The minimum atomic E-state index is -0.514. The van der Waals surface area contributed by atoms with E-state index in [1.54, 1.807) is 0 Å². The van der Waals surface area contributed by atoms with E-state index in [1.807, 2.05) is 0 Å². The molecule has 1 fully saturated rings. The third-order valence-electron chi connectivity index (χ3n) is 5.70. The number of nitrogens with two attached hydrogens (primary N) is 1. The van der Waals surface area contributed by atoms with Gasteiger partial charge in [0.05, 0.1) is 5.02 Å².